The maximum Gasteiger partial charge on any atom is 0.422 e. The van der Waals surface area contributed by atoms with Crippen molar-refractivity contribution >= 4 is 11.5 Å². The van der Waals surface area contributed by atoms with Crippen LogP contribution in [0.25, 0.3) is 11.1 Å². The van der Waals surface area contributed by atoms with Gasteiger partial charge in [-0.2, -0.15) is 18.4 Å². The molecule has 4 rings (SSSR count). The van der Waals surface area contributed by atoms with Crippen molar-refractivity contribution in [1.82, 2.24) is 9.97 Å². The van der Waals surface area contributed by atoms with Crippen molar-refractivity contribution in [2.24, 2.45) is 0 Å². The fourth-order valence-corrected chi connectivity index (χ4v) is 3.32. The number of nitrogens with one attached hydrogen (secondary N) is 1. The van der Waals surface area contributed by atoms with E-state index in [0.717, 1.165) is 24.1 Å². The molecule has 31 heavy (non-hydrogen) atoms. The Kier molecular flexibility index (Phi) is 5.51. The average Bonchev–Trinajstić information content (AvgIpc) is 3.58. The van der Waals surface area contributed by atoms with Crippen molar-refractivity contribution in [1.29, 1.82) is 5.26 Å². The lowest BCUT2D eigenvalue weighted by molar-refractivity contribution is -0.153. The van der Waals surface area contributed by atoms with Crippen LogP contribution in [0.4, 0.5) is 24.7 Å². The smallest absolute Gasteiger partial charge is 0.422 e. The van der Waals surface area contributed by atoms with Gasteiger partial charge in [0.15, 0.2) is 12.4 Å². The molecule has 2 aromatic carbocycles. The van der Waals surface area contributed by atoms with Gasteiger partial charge in [-0.3, -0.25) is 4.98 Å². The molecule has 0 atom stereocenters. The van der Waals surface area contributed by atoms with Gasteiger partial charge in [-0.05, 0) is 49.1 Å². The number of nitriles is 1. The predicted molar refractivity (Wildman–Crippen MR) is 110 cm³/mol. The van der Waals surface area contributed by atoms with E-state index < -0.39 is 12.8 Å². The zero-order chi connectivity index (χ0) is 22.0. The molecule has 1 aromatic heterocycles. The molecule has 0 saturated heterocycles. The summed E-state index contributed by atoms with van der Waals surface area (Å²) in [5.74, 6) is 0.922. The van der Waals surface area contributed by atoms with Crippen LogP contribution < -0.4 is 10.1 Å². The number of aryl methyl sites for hydroxylation is 1. The maximum atomic E-state index is 12.9. The van der Waals surface area contributed by atoms with E-state index in [1.807, 2.05) is 0 Å². The molecule has 0 radical (unpaired) electrons. The average molecular weight is 424 g/mol. The van der Waals surface area contributed by atoms with Crippen molar-refractivity contribution in [2.75, 3.05) is 11.9 Å². The summed E-state index contributed by atoms with van der Waals surface area (Å²) in [6.45, 7) is 0.367. The van der Waals surface area contributed by atoms with E-state index >= 15 is 0 Å². The fourth-order valence-electron chi connectivity index (χ4n) is 3.32. The Bertz CT molecular complexity index is 1130. The minimum atomic E-state index is -4.49. The molecule has 1 aliphatic carbocycles. The van der Waals surface area contributed by atoms with Gasteiger partial charge in [0.25, 0.3) is 0 Å². The van der Waals surface area contributed by atoms with Gasteiger partial charge in [-0.25, -0.2) is 4.98 Å². The summed E-state index contributed by atoms with van der Waals surface area (Å²) < 4.78 is 44.0. The highest BCUT2D eigenvalue weighted by Gasteiger charge is 2.30. The third-order valence-electron chi connectivity index (χ3n) is 4.97. The lowest BCUT2D eigenvalue weighted by Crippen LogP contribution is -2.20. The Balaban J connectivity index is 1.71. The first-order valence-corrected chi connectivity index (χ1v) is 9.77. The van der Waals surface area contributed by atoms with Crippen LogP contribution in [0.1, 0.15) is 35.6 Å². The van der Waals surface area contributed by atoms with Crippen LogP contribution in [0.5, 0.6) is 5.75 Å². The summed E-state index contributed by atoms with van der Waals surface area (Å²) >= 11 is 0. The van der Waals surface area contributed by atoms with Gasteiger partial charge in [0, 0.05) is 11.5 Å². The quantitative estimate of drug-likeness (QED) is 0.535. The highest BCUT2D eigenvalue weighted by atomic mass is 19.4. The van der Waals surface area contributed by atoms with E-state index in [4.69, 9.17) is 10.00 Å². The third-order valence-corrected chi connectivity index (χ3v) is 4.97. The van der Waals surface area contributed by atoms with E-state index in [1.165, 1.54) is 0 Å². The van der Waals surface area contributed by atoms with Gasteiger partial charge in [0.1, 0.15) is 5.82 Å². The molecule has 5 nitrogen and oxygen atoms in total. The van der Waals surface area contributed by atoms with Crippen molar-refractivity contribution in [3.05, 3.63) is 65.6 Å². The SMILES string of the molecule is Cc1cc(C#N)ccc1-c1cccc(Nc2cnc(C3CC3)cn2)c1OCC(F)(F)F. The van der Waals surface area contributed by atoms with Crippen LogP contribution in [-0.2, 0) is 0 Å². The Morgan fingerprint density at radius 3 is 2.55 bits per heavy atom. The van der Waals surface area contributed by atoms with Gasteiger partial charge >= 0.3 is 6.18 Å². The molecule has 1 N–H and O–H groups in total. The number of anilines is 2. The predicted octanol–water partition coefficient (Wildman–Crippen LogP) is 5.89. The summed E-state index contributed by atoms with van der Waals surface area (Å²) in [5, 5.41) is 12.1. The highest BCUT2D eigenvalue weighted by Crippen LogP contribution is 2.41. The van der Waals surface area contributed by atoms with E-state index in [9.17, 15) is 13.2 Å². The molecular formula is C23H19F3N4O. The van der Waals surface area contributed by atoms with E-state index in [0.29, 0.717) is 34.1 Å². The lowest BCUT2D eigenvalue weighted by Gasteiger charge is -2.19. The second-order valence-electron chi connectivity index (χ2n) is 7.45. The number of ether oxygens (including phenoxy) is 1. The monoisotopic (exact) mass is 424 g/mol. The summed E-state index contributed by atoms with van der Waals surface area (Å²) in [5.41, 5.74) is 3.65. The minimum Gasteiger partial charge on any atom is -0.481 e. The van der Waals surface area contributed by atoms with Gasteiger partial charge < -0.3 is 10.1 Å². The number of halogens is 3. The van der Waals surface area contributed by atoms with Crippen molar-refractivity contribution in [3.8, 4) is 22.9 Å². The van der Waals surface area contributed by atoms with Gasteiger partial charge in [-0.15, -0.1) is 0 Å². The summed E-state index contributed by atoms with van der Waals surface area (Å²) in [7, 11) is 0. The standard InChI is InChI=1S/C23H19F3N4O/c1-14-9-15(10-27)5-8-17(14)18-3-2-4-19(22(18)31-13-23(24,25)26)30-21-12-28-20(11-29-21)16-6-7-16/h2-5,8-9,11-12,16H,6-7,13H2,1H3,(H,29,30). The first-order chi connectivity index (χ1) is 14.8. The molecule has 8 heteroatoms. The molecule has 1 aliphatic rings. The molecule has 1 saturated carbocycles. The molecule has 0 aliphatic heterocycles. The topological polar surface area (TPSA) is 70.8 Å². The maximum absolute atomic E-state index is 12.9. The third kappa shape index (κ3) is 4.94. The van der Waals surface area contributed by atoms with E-state index in [2.05, 4.69) is 21.4 Å². The first-order valence-electron chi connectivity index (χ1n) is 9.77. The summed E-state index contributed by atoms with van der Waals surface area (Å²) in [4.78, 5) is 8.73. The Labute approximate surface area is 177 Å². The number of para-hydroxylation sites is 1. The van der Waals surface area contributed by atoms with Crippen LogP contribution in [0.2, 0.25) is 0 Å². The van der Waals surface area contributed by atoms with Gasteiger partial charge in [0.2, 0.25) is 0 Å². The first kappa shape index (κ1) is 20.7. The molecular weight excluding hydrogens is 405 g/mol. The summed E-state index contributed by atoms with van der Waals surface area (Å²) in [6, 6.07) is 12.1. The summed E-state index contributed by atoms with van der Waals surface area (Å²) in [6.07, 6.45) is 0.966. The zero-order valence-corrected chi connectivity index (χ0v) is 16.7. The molecule has 0 amide bonds. The van der Waals surface area contributed by atoms with E-state index in [1.54, 1.807) is 55.7 Å². The Morgan fingerprint density at radius 1 is 1.13 bits per heavy atom. The van der Waals surface area contributed by atoms with Gasteiger partial charge in [-0.1, -0.05) is 18.2 Å². The highest BCUT2D eigenvalue weighted by molar-refractivity contribution is 5.81. The number of benzene rings is 2. The number of hydrogen-bond donors (Lipinski definition) is 1. The van der Waals surface area contributed by atoms with Crippen molar-refractivity contribution in [3.63, 3.8) is 0 Å². The normalized spacial score (nSPS) is 13.5. The fraction of sp³-hybridized carbons (Fsp3) is 0.261. The van der Waals surface area contributed by atoms with E-state index in [-0.39, 0.29) is 5.75 Å². The molecule has 1 fully saturated rings. The zero-order valence-electron chi connectivity index (χ0n) is 16.7. The molecule has 0 spiro atoms. The van der Waals surface area contributed by atoms with Crippen LogP contribution >= 0.6 is 0 Å². The van der Waals surface area contributed by atoms with Crippen LogP contribution in [-0.4, -0.2) is 22.8 Å². The number of nitrogens with zero attached hydrogens (tertiary/aromatic N) is 3. The number of rotatable bonds is 6. The second-order valence-corrected chi connectivity index (χ2v) is 7.45. The largest absolute Gasteiger partial charge is 0.481 e. The molecule has 3 aromatic rings. The molecule has 1 heterocycles. The number of hydrogen-bond acceptors (Lipinski definition) is 5. The van der Waals surface area contributed by atoms with Crippen LogP contribution in [0, 0.1) is 18.3 Å². The lowest BCUT2D eigenvalue weighted by atomic mass is 9.97. The Hall–Kier alpha value is -3.60. The van der Waals surface area contributed by atoms with Crippen molar-refractivity contribution in [2.45, 2.75) is 31.9 Å². The van der Waals surface area contributed by atoms with Crippen LogP contribution in [0.15, 0.2) is 48.8 Å². The van der Waals surface area contributed by atoms with Crippen LogP contribution in [0.3, 0.4) is 0 Å². The molecule has 0 unspecified atom stereocenters. The van der Waals surface area contributed by atoms with Gasteiger partial charge in [0.05, 0.1) is 35.4 Å². The number of alkyl halides is 3. The van der Waals surface area contributed by atoms with Crippen molar-refractivity contribution < 1.29 is 17.9 Å². The second kappa shape index (κ2) is 8.26. The number of aromatic nitrogens is 2. The Morgan fingerprint density at radius 2 is 1.94 bits per heavy atom. The molecule has 158 valence electrons. The molecule has 0 bridgehead atoms. The minimum absolute atomic E-state index is 0.0562.